The van der Waals surface area contributed by atoms with Crippen molar-refractivity contribution in [1.82, 2.24) is 0 Å². The standard InChI is InChI=1S/C20H16Cl2O2/c21-17-8-4-14(5-9-17)19(23)3-1-2-15-12-13-24-20(15)16-6-10-18(22)11-7-16/h4-12,19-20,23H,3,13H2. The minimum absolute atomic E-state index is 0.164. The van der Waals surface area contributed by atoms with Crippen LogP contribution in [0, 0.1) is 11.8 Å². The Bertz CT molecular complexity index is 783. The fourth-order valence-electron chi connectivity index (χ4n) is 2.51. The van der Waals surface area contributed by atoms with E-state index in [4.69, 9.17) is 27.9 Å². The average Bonchev–Trinajstić information content (AvgIpc) is 3.04. The molecule has 4 heteroatoms. The Morgan fingerprint density at radius 3 is 2.33 bits per heavy atom. The number of aliphatic hydroxyl groups excluding tert-OH is 1. The molecular formula is C20H16Cl2O2. The summed E-state index contributed by atoms with van der Waals surface area (Å²) in [5, 5.41) is 11.5. The first-order chi connectivity index (χ1) is 11.6. The first kappa shape index (κ1) is 17.1. The number of rotatable bonds is 3. The average molecular weight is 359 g/mol. The highest BCUT2D eigenvalue weighted by molar-refractivity contribution is 6.30. The molecule has 0 spiro atoms. The second-order valence-electron chi connectivity index (χ2n) is 5.50. The largest absolute Gasteiger partial charge is 0.387 e. The first-order valence-electron chi connectivity index (χ1n) is 7.63. The second-order valence-corrected chi connectivity index (χ2v) is 6.37. The summed E-state index contributed by atoms with van der Waals surface area (Å²) in [6.07, 6.45) is 1.53. The minimum Gasteiger partial charge on any atom is -0.387 e. The summed E-state index contributed by atoms with van der Waals surface area (Å²) in [6, 6.07) is 14.7. The molecule has 3 rings (SSSR count). The first-order valence-corrected chi connectivity index (χ1v) is 8.38. The maximum atomic E-state index is 10.2. The zero-order valence-corrected chi connectivity index (χ0v) is 14.4. The van der Waals surface area contributed by atoms with E-state index in [0.29, 0.717) is 23.1 Å². The van der Waals surface area contributed by atoms with E-state index in [2.05, 4.69) is 11.8 Å². The van der Waals surface area contributed by atoms with Crippen LogP contribution in [-0.2, 0) is 4.74 Å². The highest BCUT2D eigenvalue weighted by Gasteiger charge is 2.20. The molecule has 1 heterocycles. The van der Waals surface area contributed by atoms with Gasteiger partial charge < -0.3 is 9.84 Å². The van der Waals surface area contributed by atoms with Crippen molar-refractivity contribution in [3.05, 3.63) is 81.4 Å². The van der Waals surface area contributed by atoms with Gasteiger partial charge in [-0.1, -0.05) is 59.3 Å². The molecule has 0 bridgehead atoms. The number of halogens is 2. The molecule has 0 aromatic heterocycles. The van der Waals surface area contributed by atoms with E-state index in [1.807, 2.05) is 42.5 Å². The van der Waals surface area contributed by atoms with Gasteiger partial charge in [0.25, 0.3) is 0 Å². The van der Waals surface area contributed by atoms with E-state index in [-0.39, 0.29) is 6.10 Å². The minimum atomic E-state index is -0.633. The van der Waals surface area contributed by atoms with Crippen molar-refractivity contribution < 1.29 is 9.84 Å². The maximum Gasteiger partial charge on any atom is 0.115 e. The number of aliphatic hydroxyl groups is 1. The molecule has 2 unspecified atom stereocenters. The molecule has 0 saturated heterocycles. The Morgan fingerprint density at radius 2 is 1.67 bits per heavy atom. The summed E-state index contributed by atoms with van der Waals surface area (Å²) in [4.78, 5) is 0. The van der Waals surface area contributed by atoms with E-state index in [1.165, 1.54) is 0 Å². The van der Waals surface area contributed by atoms with Gasteiger partial charge in [-0.15, -0.1) is 0 Å². The van der Waals surface area contributed by atoms with Crippen LogP contribution in [-0.4, -0.2) is 11.7 Å². The molecule has 1 N–H and O–H groups in total. The molecule has 122 valence electrons. The van der Waals surface area contributed by atoms with E-state index in [1.54, 1.807) is 12.1 Å². The lowest BCUT2D eigenvalue weighted by Crippen LogP contribution is -2.00. The van der Waals surface area contributed by atoms with Gasteiger partial charge in [-0.25, -0.2) is 0 Å². The normalized spacial score (nSPS) is 17.8. The predicted molar refractivity (Wildman–Crippen MR) is 97.0 cm³/mol. The topological polar surface area (TPSA) is 29.5 Å². The Kier molecular flexibility index (Phi) is 5.60. The molecule has 0 aliphatic carbocycles. The third kappa shape index (κ3) is 4.20. The zero-order chi connectivity index (χ0) is 16.9. The van der Waals surface area contributed by atoms with Crippen LogP contribution in [0.15, 0.2) is 60.2 Å². The van der Waals surface area contributed by atoms with Gasteiger partial charge in [-0.2, -0.15) is 0 Å². The van der Waals surface area contributed by atoms with Crippen molar-refractivity contribution in [2.45, 2.75) is 18.6 Å². The number of benzene rings is 2. The number of ether oxygens (including phenoxy) is 1. The van der Waals surface area contributed by atoms with Crippen LogP contribution in [0.5, 0.6) is 0 Å². The van der Waals surface area contributed by atoms with Crippen LogP contribution in [0.4, 0.5) is 0 Å². The summed E-state index contributed by atoms with van der Waals surface area (Å²) >= 11 is 11.8. The Morgan fingerprint density at radius 1 is 1.04 bits per heavy atom. The summed E-state index contributed by atoms with van der Waals surface area (Å²) in [7, 11) is 0. The van der Waals surface area contributed by atoms with Gasteiger partial charge in [-0.05, 0) is 41.5 Å². The molecule has 1 aliphatic heterocycles. The van der Waals surface area contributed by atoms with E-state index in [9.17, 15) is 5.11 Å². The highest BCUT2D eigenvalue weighted by atomic mass is 35.5. The molecule has 2 atom stereocenters. The van der Waals surface area contributed by atoms with E-state index >= 15 is 0 Å². The van der Waals surface area contributed by atoms with Crippen molar-refractivity contribution in [1.29, 1.82) is 0 Å². The van der Waals surface area contributed by atoms with Crippen LogP contribution >= 0.6 is 23.2 Å². The van der Waals surface area contributed by atoms with Crippen molar-refractivity contribution in [3.8, 4) is 11.8 Å². The van der Waals surface area contributed by atoms with Crippen LogP contribution in [0.1, 0.15) is 29.8 Å². The van der Waals surface area contributed by atoms with Crippen LogP contribution in [0.25, 0.3) is 0 Å². The fraction of sp³-hybridized carbons (Fsp3) is 0.200. The van der Waals surface area contributed by atoms with Gasteiger partial charge in [-0.3, -0.25) is 0 Å². The Labute approximate surface area is 151 Å². The zero-order valence-electron chi connectivity index (χ0n) is 12.9. The maximum absolute atomic E-state index is 10.2. The molecule has 24 heavy (non-hydrogen) atoms. The molecule has 0 radical (unpaired) electrons. The summed E-state index contributed by atoms with van der Waals surface area (Å²) in [5.41, 5.74) is 2.75. The van der Waals surface area contributed by atoms with Crippen molar-refractivity contribution >= 4 is 23.2 Å². The lowest BCUT2D eigenvalue weighted by Gasteiger charge is -2.12. The van der Waals surface area contributed by atoms with Crippen LogP contribution in [0.3, 0.4) is 0 Å². The second kappa shape index (κ2) is 7.88. The van der Waals surface area contributed by atoms with Crippen molar-refractivity contribution in [2.75, 3.05) is 6.61 Å². The van der Waals surface area contributed by atoms with Gasteiger partial charge in [0, 0.05) is 22.0 Å². The van der Waals surface area contributed by atoms with E-state index in [0.717, 1.165) is 16.7 Å². The summed E-state index contributed by atoms with van der Waals surface area (Å²) < 4.78 is 5.73. The van der Waals surface area contributed by atoms with Gasteiger partial charge >= 0.3 is 0 Å². The van der Waals surface area contributed by atoms with Crippen LogP contribution in [0.2, 0.25) is 10.0 Å². The quantitative estimate of drug-likeness (QED) is 0.771. The van der Waals surface area contributed by atoms with Gasteiger partial charge in [0.15, 0.2) is 0 Å². The molecule has 0 amide bonds. The molecule has 2 aromatic rings. The van der Waals surface area contributed by atoms with E-state index < -0.39 is 6.10 Å². The third-order valence-electron chi connectivity index (χ3n) is 3.80. The molecule has 0 saturated carbocycles. The van der Waals surface area contributed by atoms with Gasteiger partial charge in [0.05, 0.1) is 12.7 Å². The Balaban J connectivity index is 1.66. The highest BCUT2D eigenvalue weighted by Crippen LogP contribution is 2.30. The smallest absolute Gasteiger partial charge is 0.115 e. The lowest BCUT2D eigenvalue weighted by atomic mass is 10.0. The third-order valence-corrected chi connectivity index (χ3v) is 4.31. The summed E-state index contributed by atoms with van der Waals surface area (Å²) in [5.74, 6) is 6.17. The van der Waals surface area contributed by atoms with Crippen LogP contribution < -0.4 is 0 Å². The SMILES string of the molecule is OC(CC#CC1=CCOC1c1ccc(Cl)cc1)c1ccc(Cl)cc1. The molecule has 1 aliphatic rings. The van der Waals surface area contributed by atoms with Crippen molar-refractivity contribution in [3.63, 3.8) is 0 Å². The molecular weight excluding hydrogens is 343 g/mol. The Hall–Kier alpha value is -1.76. The van der Waals surface area contributed by atoms with Crippen molar-refractivity contribution in [2.24, 2.45) is 0 Å². The molecule has 0 fully saturated rings. The molecule has 2 aromatic carbocycles. The van der Waals surface area contributed by atoms with Gasteiger partial charge in [0.2, 0.25) is 0 Å². The fourth-order valence-corrected chi connectivity index (χ4v) is 2.77. The predicted octanol–water partition coefficient (Wildman–Crippen LogP) is 5.12. The van der Waals surface area contributed by atoms with Gasteiger partial charge in [0.1, 0.15) is 6.10 Å². The monoisotopic (exact) mass is 358 g/mol. The summed E-state index contributed by atoms with van der Waals surface area (Å²) in [6.45, 7) is 0.539. The number of hydrogen-bond donors (Lipinski definition) is 1. The number of hydrogen-bond acceptors (Lipinski definition) is 2. The molecule has 2 nitrogen and oxygen atoms in total. The lowest BCUT2D eigenvalue weighted by molar-refractivity contribution is 0.125.